The van der Waals surface area contributed by atoms with Crippen LogP contribution in [0.1, 0.15) is 23.2 Å². The molecule has 2 aromatic rings. The zero-order chi connectivity index (χ0) is 13.1. The summed E-state index contributed by atoms with van der Waals surface area (Å²) in [5, 5.41) is 6.40. The first-order chi connectivity index (χ1) is 9.34. The Morgan fingerprint density at radius 2 is 1.32 bits per heavy atom. The molecule has 0 radical (unpaired) electrons. The van der Waals surface area contributed by atoms with E-state index in [0.29, 0.717) is 6.54 Å². The maximum Gasteiger partial charge on any atom is 0.234 e. The summed E-state index contributed by atoms with van der Waals surface area (Å²) in [5.74, 6) is 0.0426. The minimum atomic E-state index is -0.0233. The molecule has 0 unspecified atom stereocenters. The summed E-state index contributed by atoms with van der Waals surface area (Å²) in [6.45, 7) is 0.364. The minimum Gasteiger partial charge on any atom is -0.346 e. The molecule has 1 fully saturated rings. The van der Waals surface area contributed by atoms with Crippen LogP contribution in [0.3, 0.4) is 0 Å². The van der Waals surface area contributed by atoms with Crippen LogP contribution >= 0.6 is 0 Å². The van der Waals surface area contributed by atoms with Crippen LogP contribution in [-0.2, 0) is 4.79 Å². The van der Waals surface area contributed by atoms with Crippen molar-refractivity contribution in [2.24, 2.45) is 0 Å². The van der Waals surface area contributed by atoms with Crippen LogP contribution in [-0.4, -0.2) is 12.5 Å². The Balaban J connectivity index is 1.95. The molecule has 0 saturated carbocycles. The van der Waals surface area contributed by atoms with Gasteiger partial charge in [-0.2, -0.15) is 0 Å². The number of benzene rings is 2. The van der Waals surface area contributed by atoms with Crippen molar-refractivity contribution in [2.45, 2.75) is 12.1 Å². The Bertz CT molecular complexity index is 553. The lowest BCUT2D eigenvalue weighted by atomic mass is 9.92. The molecule has 2 N–H and O–H groups in total. The molecule has 2 aromatic carbocycles. The first-order valence-corrected chi connectivity index (χ1v) is 6.47. The highest BCUT2D eigenvalue weighted by atomic mass is 16.2. The van der Waals surface area contributed by atoms with E-state index in [1.807, 2.05) is 48.5 Å². The predicted molar refractivity (Wildman–Crippen MR) is 74.5 cm³/mol. The second-order valence-corrected chi connectivity index (χ2v) is 4.73. The van der Waals surface area contributed by atoms with Gasteiger partial charge in [-0.1, -0.05) is 60.7 Å². The SMILES string of the molecule is O=C1CN[C@H](c2ccccc2)[C@@H](c2ccccc2)N1. The van der Waals surface area contributed by atoms with E-state index in [9.17, 15) is 4.79 Å². The summed E-state index contributed by atoms with van der Waals surface area (Å²) in [4.78, 5) is 11.7. The summed E-state index contributed by atoms with van der Waals surface area (Å²) >= 11 is 0. The lowest BCUT2D eigenvalue weighted by molar-refractivity contribution is -0.123. The summed E-state index contributed by atoms with van der Waals surface area (Å²) in [7, 11) is 0. The lowest BCUT2D eigenvalue weighted by Gasteiger charge is -2.34. The first kappa shape index (κ1) is 11.9. The molecule has 96 valence electrons. The van der Waals surface area contributed by atoms with Gasteiger partial charge in [0.05, 0.1) is 18.6 Å². The van der Waals surface area contributed by atoms with Gasteiger partial charge in [0, 0.05) is 0 Å². The maximum absolute atomic E-state index is 11.7. The van der Waals surface area contributed by atoms with Crippen LogP contribution in [0.2, 0.25) is 0 Å². The van der Waals surface area contributed by atoms with Gasteiger partial charge in [0.1, 0.15) is 0 Å². The Kier molecular flexibility index (Phi) is 3.29. The van der Waals surface area contributed by atoms with Crippen LogP contribution in [0.4, 0.5) is 0 Å². The lowest BCUT2D eigenvalue weighted by Crippen LogP contribution is -2.49. The Labute approximate surface area is 112 Å². The highest BCUT2D eigenvalue weighted by Crippen LogP contribution is 2.30. The van der Waals surface area contributed by atoms with Gasteiger partial charge in [0.15, 0.2) is 0 Å². The molecular formula is C16H16N2O. The molecule has 3 nitrogen and oxygen atoms in total. The van der Waals surface area contributed by atoms with Gasteiger partial charge in [-0.3, -0.25) is 10.1 Å². The topological polar surface area (TPSA) is 41.1 Å². The normalized spacial score (nSPS) is 22.8. The van der Waals surface area contributed by atoms with Crippen LogP contribution in [0.5, 0.6) is 0 Å². The molecule has 0 bridgehead atoms. The fourth-order valence-electron chi connectivity index (χ4n) is 2.54. The summed E-state index contributed by atoms with van der Waals surface area (Å²) in [5.41, 5.74) is 2.31. The zero-order valence-corrected chi connectivity index (χ0v) is 10.5. The number of nitrogens with one attached hydrogen (secondary N) is 2. The Morgan fingerprint density at radius 3 is 1.89 bits per heavy atom. The molecule has 1 saturated heterocycles. The number of carbonyl (C=O) groups excluding carboxylic acids is 1. The van der Waals surface area contributed by atoms with Crippen molar-refractivity contribution in [3.8, 4) is 0 Å². The summed E-state index contributed by atoms with van der Waals surface area (Å²) < 4.78 is 0. The van der Waals surface area contributed by atoms with E-state index < -0.39 is 0 Å². The average molecular weight is 252 g/mol. The highest BCUT2D eigenvalue weighted by molar-refractivity contribution is 5.79. The van der Waals surface area contributed by atoms with Gasteiger partial charge in [0.2, 0.25) is 5.91 Å². The van der Waals surface area contributed by atoms with Crippen LogP contribution in [0, 0.1) is 0 Å². The molecule has 1 aliphatic heterocycles. The van der Waals surface area contributed by atoms with Crippen LogP contribution in [0.15, 0.2) is 60.7 Å². The molecule has 19 heavy (non-hydrogen) atoms. The third-order valence-electron chi connectivity index (χ3n) is 3.45. The first-order valence-electron chi connectivity index (χ1n) is 6.47. The predicted octanol–water partition coefficient (Wildman–Crippen LogP) is 2.19. The zero-order valence-electron chi connectivity index (χ0n) is 10.5. The van der Waals surface area contributed by atoms with Crippen LogP contribution < -0.4 is 10.6 Å². The molecule has 0 aromatic heterocycles. The molecule has 1 aliphatic rings. The molecule has 3 rings (SSSR count). The van der Waals surface area contributed by atoms with E-state index in [1.54, 1.807) is 0 Å². The third-order valence-corrected chi connectivity index (χ3v) is 3.45. The number of amides is 1. The van der Waals surface area contributed by atoms with Crippen molar-refractivity contribution in [3.63, 3.8) is 0 Å². The summed E-state index contributed by atoms with van der Waals surface area (Å²) in [6.07, 6.45) is 0. The van der Waals surface area contributed by atoms with E-state index in [4.69, 9.17) is 0 Å². The molecule has 0 spiro atoms. The maximum atomic E-state index is 11.7. The molecule has 1 heterocycles. The van der Waals surface area contributed by atoms with Crippen molar-refractivity contribution in [1.29, 1.82) is 0 Å². The van der Waals surface area contributed by atoms with Gasteiger partial charge in [-0.25, -0.2) is 0 Å². The third kappa shape index (κ3) is 2.51. The van der Waals surface area contributed by atoms with Crippen molar-refractivity contribution < 1.29 is 4.79 Å². The van der Waals surface area contributed by atoms with E-state index >= 15 is 0 Å². The standard InChI is InChI=1S/C16H16N2O/c19-14-11-17-15(12-7-3-1-4-8-12)16(18-14)13-9-5-2-6-10-13/h1-10,15-17H,11H2,(H,18,19)/t15-,16-/m1/s1. The number of hydrogen-bond donors (Lipinski definition) is 2. The second kappa shape index (κ2) is 5.24. The fraction of sp³-hybridized carbons (Fsp3) is 0.188. The molecule has 2 atom stereocenters. The quantitative estimate of drug-likeness (QED) is 0.860. The largest absolute Gasteiger partial charge is 0.346 e. The monoisotopic (exact) mass is 252 g/mol. The number of hydrogen-bond acceptors (Lipinski definition) is 2. The fourth-order valence-corrected chi connectivity index (χ4v) is 2.54. The van der Waals surface area contributed by atoms with Crippen LogP contribution in [0.25, 0.3) is 0 Å². The number of carbonyl (C=O) groups is 1. The Morgan fingerprint density at radius 1 is 0.789 bits per heavy atom. The van der Waals surface area contributed by atoms with Crippen molar-refractivity contribution in [3.05, 3.63) is 71.8 Å². The average Bonchev–Trinajstić information content (AvgIpc) is 2.49. The van der Waals surface area contributed by atoms with Gasteiger partial charge in [-0.05, 0) is 11.1 Å². The molecule has 3 heteroatoms. The molecule has 1 amide bonds. The smallest absolute Gasteiger partial charge is 0.234 e. The number of piperazine rings is 1. The van der Waals surface area contributed by atoms with E-state index in [1.165, 1.54) is 5.56 Å². The number of rotatable bonds is 2. The van der Waals surface area contributed by atoms with Gasteiger partial charge in [0.25, 0.3) is 0 Å². The van der Waals surface area contributed by atoms with Gasteiger partial charge in [-0.15, -0.1) is 0 Å². The highest BCUT2D eigenvalue weighted by Gasteiger charge is 2.30. The van der Waals surface area contributed by atoms with Gasteiger partial charge >= 0.3 is 0 Å². The molecular weight excluding hydrogens is 236 g/mol. The van der Waals surface area contributed by atoms with E-state index in [0.717, 1.165) is 5.56 Å². The Hall–Kier alpha value is -2.13. The minimum absolute atomic E-state index is 0.0233. The van der Waals surface area contributed by atoms with Crippen molar-refractivity contribution in [1.82, 2.24) is 10.6 Å². The van der Waals surface area contributed by atoms with E-state index in [-0.39, 0.29) is 18.0 Å². The van der Waals surface area contributed by atoms with Gasteiger partial charge < -0.3 is 5.32 Å². The van der Waals surface area contributed by atoms with Crippen molar-refractivity contribution >= 4 is 5.91 Å². The summed E-state index contributed by atoms with van der Waals surface area (Å²) in [6, 6.07) is 20.4. The van der Waals surface area contributed by atoms with Crippen molar-refractivity contribution in [2.75, 3.05) is 6.54 Å². The van der Waals surface area contributed by atoms with E-state index in [2.05, 4.69) is 22.8 Å². The molecule has 0 aliphatic carbocycles. The second-order valence-electron chi connectivity index (χ2n) is 4.73.